The molecule has 1 aliphatic rings. The smallest absolute Gasteiger partial charge is 0.0953 e. The van der Waals surface area contributed by atoms with E-state index in [1.54, 1.807) is 0 Å². The van der Waals surface area contributed by atoms with Crippen LogP contribution in [0.15, 0.2) is 0 Å². The van der Waals surface area contributed by atoms with Crippen LogP contribution in [0.3, 0.4) is 0 Å². The Morgan fingerprint density at radius 1 is 1.62 bits per heavy atom. The maximum Gasteiger partial charge on any atom is 0.0953 e. The van der Waals surface area contributed by atoms with Gasteiger partial charge in [0.2, 0.25) is 0 Å². The van der Waals surface area contributed by atoms with E-state index >= 15 is 0 Å². The van der Waals surface area contributed by atoms with Crippen LogP contribution in [0.2, 0.25) is 0 Å². The zero-order valence-corrected chi connectivity index (χ0v) is 8.03. The average Bonchev–Trinajstić information content (AvgIpc) is 2.17. The van der Waals surface area contributed by atoms with E-state index in [-0.39, 0.29) is 6.04 Å². The predicted octanol–water partition coefficient (Wildman–Crippen LogP) is 0.589. The van der Waals surface area contributed by atoms with Gasteiger partial charge in [0.25, 0.3) is 0 Å². The molecule has 1 unspecified atom stereocenters. The number of nitriles is 1. The molecule has 1 aliphatic heterocycles. The first-order valence-electron chi connectivity index (χ1n) is 4.77. The first-order chi connectivity index (χ1) is 6.26. The van der Waals surface area contributed by atoms with Crippen LogP contribution in [0.1, 0.15) is 19.3 Å². The lowest BCUT2D eigenvalue weighted by atomic mass is 9.91. The van der Waals surface area contributed by atoms with E-state index < -0.39 is 0 Å². The van der Waals surface area contributed by atoms with Crippen molar-refractivity contribution in [2.24, 2.45) is 5.92 Å². The van der Waals surface area contributed by atoms with Crippen molar-refractivity contribution in [3.63, 3.8) is 0 Å². The number of hydrogen-bond acceptors (Lipinski definition) is 4. The minimum atomic E-state index is -0.0322. The summed E-state index contributed by atoms with van der Waals surface area (Å²) in [6.45, 7) is 1.49. The van der Waals surface area contributed by atoms with Crippen molar-refractivity contribution >= 4 is 0 Å². The lowest BCUT2D eigenvalue weighted by Crippen LogP contribution is -2.34. The number of piperidine rings is 1. The molecule has 0 bridgehead atoms. The van der Waals surface area contributed by atoms with Crippen molar-refractivity contribution in [1.82, 2.24) is 10.4 Å². The second-order valence-corrected chi connectivity index (χ2v) is 3.60. The third-order valence-electron chi connectivity index (χ3n) is 2.66. The summed E-state index contributed by atoms with van der Waals surface area (Å²) < 4.78 is 0. The van der Waals surface area contributed by atoms with Crippen LogP contribution in [0, 0.1) is 17.2 Å². The van der Waals surface area contributed by atoms with E-state index in [0.717, 1.165) is 32.4 Å². The van der Waals surface area contributed by atoms with E-state index in [4.69, 9.17) is 10.5 Å². The number of nitrogens with one attached hydrogen (secondary N) is 1. The fourth-order valence-corrected chi connectivity index (χ4v) is 1.72. The zero-order valence-electron chi connectivity index (χ0n) is 8.03. The molecule has 1 heterocycles. The van der Waals surface area contributed by atoms with Crippen molar-refractivity contribution in [1.29, 1.82) is 5.26 Å². The van der Waals surface area contributed by atoms with Crippen LogP contribution in [-0.4, -0.2) is 36.4 Å². The average molecular weight is 183 g/mol. The van der Waals surface area contributed by atoms with Crippen molar-refractivity contribution in [3.05, 3.63) is 0 Å². The molecule has 1 saturated heterocycles. The van der Waals surface area contributed by atoms with E-state index in [2.05, 4.69) is 11.4 Å². The van der Waals surface area contributed by atoms with E-state index in [9.17, 15) is 0 Å². The van der Waals surface area contributed by atoms with Gasteiger partial charge < -0.3 is 10.5 Å². The molecule has 1 fully saturated rings. The molecule has 74 valence electrons. The second-order valence-electron chi connectivity index (χ2n) is 3.60. The van der Waals surface area contributed by atoms with Gasteiger partial charge in [-0.1, -0.05) is 0 Å². The zero-order chi connectivity index (χ0) is 9.68. The molecule has 1 rings (SSSR count). The van der Waals surface area contributed by atoms with Crippen molar-refractivity contribution in [2.75, 3.05) is 20.1 Å². The van der Waals surface area contributed by atoms with Gasteiger partial charge in [0.05, 0.1) is 12.1 Å². The van der Waals surface area contributed by atoms with Gasteiger partial charge in [-0.25, -0.2) is 0 Å². The minimum absolute atomic E-state index is 0.0322. The molecular weight excluding hydrogens is 166 g/mol. The van der Waals surface area contributed by atoms with Crippen molar-refractivity contribution in [2.45, 2.75) is 25.3 Å². The molecule has 0 aromatic heterocycles. The number of hydrogen-bond donors (Lipinski definition) is 2. The lowest BCUT2D eigenvalue weighted by molar-refractivity contribution is -0.112. The summed E-state index contributed by atoms with van der Waals surface area (Å²) in [4.78, 5) is 0. The maximum absolute atomic E-state index is 9.13. The third kappa shape index (κ3) is 3.31. The van der Waals surface area contributed by atoms with Gasteiger partial charge >= 0.3 is 0 Å². The van der Waals surface area contributed by atoms with Crippen LogP contribution >= 0.6 is 0 Å². The lowest BCUT2D eigenvalue weighted by Gasteiger charge is -2.28. The highest BCUT2D eigenvalue weighted by Gasteiger charge is 2.20. The van der Waals surface area contributed by atoms with Gasteiger partial charge in [-0.15, -0.1) is 0 Å². The Hall–Kier alpha value is -0.630. The SMILES string of the molecule is CNC(C#N)CC1CCN(O)CC1. The molecule has 0 spiro atoms. The molecule has 4 heteroatoms. The molecule has 0 aromatic rings. The standard InChI is InChI=1S/C9H17N3O/c1-11-9(7-10)6-8-2-4-12(13)5-3-8/h8-9,11,13H,2-6H2,1H3. The second kappa shape index (κ2) is 5.18. The highest BCUT2D eigenvalue weighted by molar-refractivity contribution is 4.90. The molecule has 0 aliphatic carbocycles. The summed E-state index contributed by atoms with van der Waals surface area (Å²) >= 11 is 0. The van der Waals surface area contributed by atoms with Gasteiger partial charge in [-0.3, -0.25) is 0 Å². The largest absolute Gasteiger partial charge is 0.314 e. The first-order valence-corrected chi connectivity index (χ1v) is 4.77. The van der Waals surface area contributed by atoms with Crippen molar-refractivity contribution < 1.29 is 5.21 Å². The monoisotopic (exact) mass is 183 g/mol. The number of hydroxylamine groups is 2. The van der Waals surface area contributed by atoms with Crippen LogP contribution in [0.4, 0.5) is 0 Å². The minimum Gasteiger partial charge on any atom is -0.314 e. The summed E-state index contributed by atoms with van der Waals surface area (Å²) in [6, 6.07) is 2.19. The molecule has 0 amide bonds. The summed E-state index contributed by atoms with van der Waals surface area (Å²) in [6.07, 6.45) is 2.90. The van der Waals surface area contributed by atoms with Crippen molar-refractivity contribution in [3.8, 4) is 6.07 Å². The van der Waals surface area contributed by atoms with Crippen LogP contribution in [0.25, 0.3) is 0 Å². The van der Waals surface area contributed by atoms with Gasteiger partial charge in [0.1, 0.15) is 0 Å². The number of nitrogens with zero attached hydrogens (tertiary/aromatic N) is 2. The third-order valence-corrected chi connectivity index (χ3v) is 2.66. The highest BCUT2D eigenvalue weighted by Crippen LogP contribution is 2.20. The molecule has 13 heavy (non-hydrogen) atoms. The summed E-state index contributed by atoms with van der Waals surface area (Å²) in [5.74, 6) is 0.584. The summed E-state index contributed by atoms with van der Waals surface area (Å²) in [5.41, 5.74) is 0. The van der Waals surface area contributed by atoms with Crippen LogP contribution in [0.5, 0.6) is 0 Å². The molecule has 0 saturated carbocycles. The van der Waals surface area contributed by atoms with E-state index in [1.807, 2.05) is 7.05 Å². The molecule has 4 nitrogen and oxygen atoms in total. The topological polar surface area (TPSA) is 59.3 Å². The summed E-state index contributed by atoms with van der Waals surface area (Å²) in [7, 11) is 1.81. The number of rotatable bonds is 3. The Balaban J connectivity index is 2.26. The van der Waals surface area contributed by atoms with E-state index in [0.29, 0.717) is 5.92 Å². The molecule has 0 aromatic carbocycles. The summed E-state index contributed by atoms with van der Waals surface area (Å²) in [5, 5.41) is 22.2. The van der Waals surface area contributed by atoms with Crippen LogP contribution in [-0.2, 0) is 0 Å². The molecule has 2 N–H and O–H groups in total. The molecule has 1 atom stereocenters. The highest BCUT2D eigenvalue weighted by atomic mass is 16.5. The fourth-order valence-electron chi connectivity index (χ4n) is 1.72. The van der Waals surface area contributed by atoms with Gasteiger partial charge in [-0.2, -0.15) is 10.3 Å². The van der Waals surface area contributed by atoms with Gasteiger partial charge in [0, 0.05) is 13.1 Å². The maximum atomic E-state index is 9.13. The molecule has 0 radical (unpaired) electrons. The van der Waals surface area contributed by atoms with Gasteiger partial charge in [-0.05, 0) is 32.2 Å². The Labute approximate surface area is 79.1 Å². The Bertz CT molecular complexity index is 182. The Morgan fingerprint density at radius 3 is 2.69 bits per heavy atom. The Kier molecular flexibility index (Phi) is 4.16. The molecular formula is C9H17N3O. The normalized spacial score (nSPS) is 22.5. The first kappa shape index (κ1) is 10.5. The quantitative estimate of drug-likeness (QED) is 0.672. The fraction of sp³-hybridized carbons (Fsp3) is 0.889. The Morgan fingerprint density at radius 2 is 2.23 bits per heavy atom. The van der Waals surface area contributed by atoms with Gasteiger partial charge in [0.15, 0.2) is 0 Å². The van der Waals surface area contributed by atoms with Crippen LogP contribution < -0.4 is 5.32 Å². The van der Waals surface area contributed by atoms with E-state index in [1.165, 1.54) is 5.06 Å². The predicted molar refractivity (Wildman–Crippen MR) is 49.2 cm³/mol.